The highest BCUT2D eigenvalue weighted by Crippen LogP contribution is 2.20. The summed E-state index contributed by atoms with van der Waals surface area (Å²) in [4.78, 5) is 25.5. The van der Waals surface area contributed by atoms with Gasteiger partial charge in [-0.15, -0.1) is 0 Å². The monoisotopic (exact) mass is 356 g/mol. The zero-order valence-electron chi connectivity index (χ0n) is 14.6. The molecule has 0 unspecified atom stereocenters. The average Bonchev–Trinajstić information content (AvgIpc) is 3.17. The van der Waals surface area contributed by atoms with Gasteiger partial charge in [0.2, 0.25) is 5.91 Å². The number of piperidine rings is 1. The third-order valence-electron chi connectivity index (χ3n) is 4.60. The molecule has 0 aliphatic carbocycles. The van der Waals surface area contributed by atoms with Crippen LogP contribution in [-0.2, 0) is 4.79 Å². The van der Waals surface area contributed by atoms with E-state index in [4.69, 9.17) is 5.73 Å². The molecule has 1 aromatic heterocycles. The number of hydrogen-bond donors (Lipinski definition) is 4. The number of nitrogens with two attached hydrogens (primary N) is 1. The Kier molecular flexibility index (Phi) is 5.85. The molecule has 5 N–H and O–H groups in total. The topological polar surface area (TPSA) is 116 Å². The first-order valence-corrected chi connectivity index (χ1v) is 8.77. The molecule has 1 aliphatic rings. The standard InChI is InChI=1S/C18H24N6O2/c19-17(25)14-2-1-8-24(12-14)9-7-20-18(26)23-16-5-3-13(4-6-16)15-10-21-22-11-15/h3-6,10-11,14H,1-2,7-9,12H2,(H2,19,25)(H,21,22)(H2,20,23,26)/t14-/m0/s1. The van der Waals surface area contributed by atoms with Crippen LogP contribution in [0.1, 0.15) is 12.8 Å². The van der Waals surface area contributed by atoms with Crippen molar-refractivity contribution in [2.24, 2.45) is 11.7 Å². The van der Waals surface area contributed by atoms with Crippen LogP contribution < -0.4 is 16.4 Å². The minimum absolute atomic E-state index is 0.0775. The Morgan fingerprint density at radius 2 is 2.08 bits per heavy atom. The van der Waals surface area contributed by atoms with Gasteiger partial charge in [0.15, 0.2) is 0 Å². The lowest BCUT2D eigenvalue weighted by Crippen LogP contribution is -2.44. The van der Waals surface area contributed by atoms with Crippen molar-refractivity contribution in [1.82, 2.24) is 20.4 Å². The molecule has 1 saturated heterocycles. The van der Waals surface area contributed by atoms with Gasteiger partial charge in [-0.1, -0.05) is 12.1 Å². The molecule has 8 heteroatoms. The molecule has 0 radical (unpaired) electrons. The van der Waals surface area contributed by atoms with Gasteiger partial charge in [-0.2, -0.15) is 5.10 Å². The molecule has 138 valence electrons. The number of carbonyl (C=O) groups excluding carboxylic acids is 2. The summed E-state index contributed by atoms with van der Waals surface area (Å²) in [7, 11) is 0. The number of hydrogen-bond acceptors (Lipinski definition) is 4. The lowest BCUT2D eigenvalue weighted by molar-refractivity contribution is -0.123. The Balaban J connectivity index is 1.41. The molecule has 0 bridgehead atoms. The second-order valence-electron chi connectivity index (χ2n) is 6.49. The van der Waals surface area contributed by atoms with Gasteiger partial charge in [0.05, 0.1) is 12.1 Å². The normalized spacial score (nSPS) is 17.6. The van der Waals surface area contributed by atoms with Gasteiger partial charge in [-0.3, -0.25) is 9.89 Å². The maximum atomic E-state index is 12.0. The Labute approximate surface area is 152 Å². The number of H-pyrrole nitrogens is 1. The number of rotatable bonds is 6. The van der Waals surface area contributed by atoms with Crippen molar-refractivity contribution in [2.45, 2.75) is 12.8 Å². The molecule has 0 saturated carbocycles. The number of aromatic amines is 1. The second kappa shape index (κ2) is 8.48. The third kappa shape index (κ3) is 4.82. The van der Waals surface area contributed by atoms with Crippen LogP contribution in [0.15, 0.2) is 36.7 Å². The molecule has 0 spiro atoms. The predicted molar refractivity (Wildman–Crippen MR) is 99.4 cm³/mol. The van der Waals surface area contributed by atoms with E-state index in [-0.39, 0.29) is 17.9 Å². The van der Waals surface area contributed by atoms with E-state index in [2.05, 4.69) is 25.7 Å². The van der Waals surface area contributed by atoms with Gasteiger partial charge < -0.3 is 21.3 Å². The van der Waals surface area contributed by atoms with Crippen molar-refractivity contribution in [2.75, 3.05) is 31.5 Å². The largest absolute Gasteiger partial charge is 0.369 e. The summed E-state index contributed by atoms with van der Waals surface area (Å²) in [5.74, 6) is -0.314. The second-order valence-corrected chi connectivity index (χ2v) is 6.49. The van der Waals surface area contributed by atoms with Crippen molar-refractivity contribution in [3.63, 3.8) is 0 Å². The Morgan fingerprint density at radius 1 is 1.27 bits per heavy atom. The fourth-order valence-electron chi connectivity index (χ4n) is 3.15. The molecular formula is C18H24N6O2. The zero-order valence-corrected chi connectivity index (χ0v) is 14.6. The number of benzene rings is 1. The van der Waals surface area contributed by atoms with E-state index in [0.29, 0.717) is 19.6 Å². The lowest BCUT2D eigenvalue weighted by atomic mass is 9.97. The number of likely N-dealkylation sites (tertiary alicyclic amines) is 1. The average molecular weight is 356 g/mol. The van der Waals surface area contributed by atoms with Gasteiger partial charge in [0, 0.05) is 37.1 Å². The van der Waals surface area contributed by atoms with E-state index < -0.39 is 0 Å². The molecular weight excluding hydrogens is 332 g/mol. The van der Waals surface area contributed by atoms with E-state index in [1.165, 1.54) is 0 Å². The summed E-state index contributed by atoms with van der Waals surface area (Å²) in [6.07, 6.45) is 5.38. The SMILES string of the molecule is NC(=O)[C@H]1CCCN(CCNC(=O)Nc2ccc(-c3cn[nH]c3)cc2)C1. The summed E-state index contributed by atoms with van der Waals surface area (Å²) >= 11 is 0. The Hall–Kier alpha value is -2.87. The van der Waals surface area contributed by atoms with Crippen LogP contribution in [0.4, 0.5) is 10.5 Å². The molecule has 1 fully saturated rings. The summed E-state index contributed by atoms with van der Waals surface area (Å²) in [5, 5.41) is 12.4. The van der Waals surface area contributed by atoms with Crippen LogP contribution in [-0.4, -0.2) is 53.2 Å². The number of urea groups is 1. The zero-order chi connectivity index (χ0) is 18.4. The van der Waals surface area contributed by atoms with Gasteiger partial charge >= 0.3 is 6.03 Å². The van der Waals surface area contributed by atoms with E-state index >= 15 is 0 Å². The molecule has 3 amide bonds. The Morgan fingerprint density at radius 3 is 2.77 bits per heavy atom. The minimum Gasteiger partial charge on any atom is -0.369 e. The number of anilines is 1. The van der Waals surface area contributed by atoms with Crippen LogP contribution >= 0.6 is 0 Å². The summed E-state index contributed by atoms with van der Waals surface area (Å²) in [6.45, 7) is 2.83. The number of amides is 3. The maximum absolute atomic E-state index is 12.0. The van der Waals surface area contributed by atoms with Crippen molar-refractivity contribution in [3.05, 3.63) is 36.7 Å². The van der Waals surface area contributed by atoms with Gasteiger partial charge in [-0.05, 0) is 37.1 Å². The number of nitrogens with zero attached hydrogens (tertiary/aromatic N) is 2. The van der Waals surface area contributed by atoms with Crippen LogP contribution in [0.3, 0.4) is 0 Å². The van der Waals surface area contributed by atoms with Crippen molar-refractivity contribution in [3.8, 4) is 11.1 Å². The van der Waals surface area contributed by atoms with Crippen molar-refractivity contribution in [1.29, 1.82) is 0 Å². The number of carbonyl (C=O) groups is 2. The van der Waals surface area contributed by atoms with Crippen molar-refractivity contribution >= 4 is 17.6 Å². The third-order valence-corrected chi connectivity index (χ3v) is 4.60. The fourth-order valence-corrected chi connectivity index (χ4v) is 3.15. The molecule has 26 heavy (non-hydrogen) atoms. The molecule has 1 aliphatic heterocycles. The highest BCUT2D eigenvalue weighted by Gasteiger charge is 2.23. The number of nitrogens with one attached hydrogen (secondary N) is 3. The van der Waals surface area contributed by atoms with Crippen LogP contribution in [0.2, 0.25) is 0 Å². The predicted octanol–water partition coefficient (Wildman–Crippen LogP) is 1.40. The molecule has 1 aromatic carbocycles. The van der Waals surface area contributed by atoms with E-state index in [1.807, 2.05) is 30.5 Å². The van der Waals surface area contributed by atoms with Crippen LogP contribution in [0.5, 0.6) is 0 Å². The summed E-state index contributed by atoms with van der Waals surface area (Å²) in [5.41, 5.74) is 8.13. The smallest absolute Gasteiger partial charge is 0.319 e. The number of primary amides is 1. The van der Waals surface area contributed by atoms with Gasteiger partial charge in [0.25, 0.3) is 0 Å². The minimum atomic E-state index is -0.246. The van der Waals surface area contributed by atoms with Crippen LogP contribution in [0, 0.1) is 5.92 Å². The molecule has 1 atom stereocenters. The molecule has 2 aromatic rings. The van der Waals surface area contributed by atoms with Gasteiger partial charge in [-0.25, -0.2) is 4.79 Å². The van der Waals surface area contributed by atoms with E-state index in [0.717, 1.165) is 36.2 Å². The Bertz CT molecular complexity index is 729. The highest BCUT2D eigenvalue weighted by molar-refractivity contribution is 5.89. The first kappa shape index (κ1) is 17.9. The first-order valence-electron chi connectivity index (χ1n) is 8.77. The highest BCUT2D eigenvalue weighted by atomic mass is 16.2. The van der Waals surface area contributed by atoms with E-state index in [1.54, 1.807) is 6.20 Å². The van der Waals surface area contributed by atoms with Crippen molar-refractivity contribution < 1.29 is 9.59 Å². The molecule has 2 heterocycles. The first-order chi connectivity index (χ1) is 12.6. The summed E-state index contributed by atoms with van der Waals surface area (Å²) < 4.78 is 0. The summed E-state index contributed by atoms with van der Waals surface area (Å²) in [6, 6.07) is 7.31. The molecule has 8 nitrogen and oxygen atoms in total. The van der Waals surface area contributed by atoms with E-state index in [9.17, 15) is 9.59 Å². The van der Waals surface area contributed by atoms with Crippen LogP contribution in [0.25, 0.3) is 11.1 Å². The quantitative estimate of drug-likeness (QED) is 0.626. The maximum Gasteiger partial charge on any atom is 0.319 e. The number of aromatic nitrogens is 2. The van der Waals surface area contributed by atoms with Gasteiger partial charge in [0.1, 0.15) is 0 Å². The lowest BCUT2D eigenvalue weighted by Gasteiger charge is -2.31. The molecule has 3 rings (SSSR count). The fraction of sp³-hybridized carbons (Fsp3) is 0.389.